The minimum atomic E-state index is -4.64. The van der Waals surface area contributed by atoms with Gasteiger partial charge in [0, 0.05) is 50.4 Å². The van der Waals surface area contributed by atoms with Crippen molar-refractivity contribution >= 4 is 58.8 Å². The van der Waals surface area contributed by atoms with Crippen LogP contribution in [0.25, 0.3) is 0 Å². The molecule has 5 aromatic carbocycles. The zero-order valence-corrected chi connectivity index (χ0v) is 42.5. The Morgan fingerprint density at radius 2 is 1.25 bits per heavy atom. The standard InChI is InChI=1S/C30H30F4N4O4.C20H18O8.C4H8O2/c1-40-21-7-4-6-20(17-21)36-12-14-37(15-13-36)29-35-28-22(8-5-9-23(28)31)24(18-27(39)42-3)38(29)25-16-19(30(32,33)34)10-11-26(25)41-2;1-11-3-7-13(8-4-11)19(25)27-15(17(21)22)16(18(23)24)28-20(26)14-9-5-12(2)6-10-14;1-3-6-4(2)5/h4-11,16-17,24H,12-15,18H2,1-3H3;3-10,15-16H,1-2H3,(H,21,22)(H,23,24);3H2,1-2H3/t24-;15-,16-;/m00./s1. The first-order valence-electron chi connectivity index (χ1n) is 23.4. The monoisotopic (exact) mass is 1060 g/mol. The van der Waals surface area contributed by atoms with Crippen LogP contribution in [0, 0.1) is 19.7 Å². The number of hydrogen-bond donors (Lipinski definition) is 2. The molecule has 1 saturated heterocycles. The van der Waals surface area contributed by atoms with Crippen molar-refractivity contribution in [3.8, 4) is 11.5 Å². The Hall–Kier alpha value is -8.69. The highest BCUT2D eigenvalue weighted by Crippen LogP contribution is 2.46. The van der Waals surface area contributed by atoms with Crippen molar-refractivity contribution in [2.75, 3.05) is 63.9 Å². The van der Waals surface area contributed by atoms with Crippen molar-refractivity contribution in [2.45, 2.75) is 58.5 Å². The highest BCUT2D eigenvalue weighted by atomic mass is 19.4. The lowest BCUT2D eigenvalue weighted by molar-refractivity contribution is -0.166. The molecule has 18 nitrogen and oxygen atoms in total. The zero-order chi connectivity index (χ0) is 55.9. The summed E-state index contributed by atoms with van der Waals surface area (Å²) in [5.41, 5.74) is 2.26. The van der Waals surface area contributed by atoms with E-state index in [0.717, 1.165) is 28.9 Å². The van der Waals surface area contributed by atoms with E-state index in [0.29, 0.717) is 44.1 Å². The van der Waals surface area contributed by atoms with Gasteiger partial charge in [-0.05, 0) is 81.4 Å². The average molecular weight is 1060 g/mol. The second-order valence-corrected chi connectivity index (χ2v) is 16.8. The Morgan fingerprint density at radius 1 is 0.711 bits per heavy atom. The van der Waals surface area contributed by atoms with E-state index in [1.807, 2.05) is 29.2 Å². The number of aliphatic carboxylic acids is 2. The largest absolute Gasteiger partial charge is 0.497 e. The predicted octanol–water partition coefficient (Wildman–Crippen LogP) is 8.59. The van der Waals surface area contributed by atoms with Gasteiger partial charge >= 0.3 is 42.0 Å². The van der Waals surface area contributed by atoms with Gasteiger partial charge in [0.25, 0.3) is 0 Å². The number of anilines is 2. The molecule has 76 heavy (non-hydrogen) atoms. The molecule has 0 saturated carbocycles. The number of hydrogen-bond acceptors (Lipinski definition) is 16. The Bertz CT molecular complexity index is 2820. The fourth-order valence-electron chi connectivity index (χ4n) is 7.75. The lowest BCUT2D eigenvalue weighted by Crippen LogP contribution is -2.55. The van der Waals surface area contributed by atoms with Crippen molar-refractivity contribution in [2.24, 2.45) is 4.99 Å². The molecule has 7 rings (SSSR count). The molecule has 0 amide bonds. The van der Waals surface area contributed by atoms with Crippen molar-refractivity contribution in [1.82, 2.24) is 4.90 Å². The number of carbonyl (C=O) groups is 6. The molecule has 0 aliphatic carbocycles. The summed E-state index contributed by atoms with van der Waals surface area (Å²) in [6, 6.07) is 26.3. The third-order valence-electron chi connectivity index (χ3n) is 11.6. The van der Waals surface area contributed by atoms with Crippen LogP contribution in [0.2, 0.25) is 0 Å². The summed E-state index contributed by atoms with van der Waals surface area (Å²) in [5, 5.41) is 18.6. The third kappa shape index (κ3) is 15.2. The number of carboxylic acid groups (broad SMARTS) is 2. The molecule has 3 atom stereocenters. The number of para-hydroxylation sites is 1. The number of guanidine groups is 1. The van der Waals surface area contributed by atoms with E-state index in [2.05, 4.69) is 14.6 Å². The van der Waals surface area contributed by atoms with Gasteiger partial charge in [0.15, 0.2) is 0 Å². The maximum absolute atomic E-state index is 15.2. The van der Waals surface area contributed by atoms with Crippen LogP contribution in [0.5, 0.6) is 11.5 Å². The summed E-state index contributed by atoms with van der Waals surface area (Å²) >= 11 is 0. The Labute approximate surface area is 434 Å². The smallest absolute Gasteiger partial charge is 0.416 e. The summed E-state index contributed by atoms with van der Waals surface area (Å²) < 4.78 is 86.7. The van der Waals surface area contributed by atoms with Gasteiger partial charge < -0.3 is 53.3 Å². The van der Waals surface area contributed by atoms with Crippen LogP contribution in [-0.4, -0.2) is 123 Å². The number of piperazine rings is 1. The van der Waals surface area contributed by atoms with E-state index in [1.54, 1.807) is 58.2 Å². The minimum absolute atomic E-state index is 0.0267. The van der Waals surface area contributed by atoms with Gasteiger partial charge in [0.1, 0.15) is 23.0 Å². The maximum atomic E-state index is 15.2. The number of aryl methyl sites for hydroxylation is 2. The van der Waals surface area contributed by atoms with Crippen molar-refractivity contribution in [3.05, 3.63) is 148 Å². The molecule has 0 spiro atoms. The summed E-state index contributed by atoms with van der Waals surface area (Å²) in [6.07, 6.45) is -9.35. The molecule has 0 radical (unpaired) electrons. The number of benzene rings is 5. The number of aliphatic imine (C=N–C) groups is 1. The number of fused-ring (bicyclic) bond motifs is 1. The predicted molar refractivity (Wildman–Crippen MR) is 268 cm³/mol. The van der Waals surface area contributed by atoms with E-state index >= 15 is 4.39 Å². The molecule has 0 bridgehead atoms. The van der Waals surface area contributed by atoms with E-state index in [9.17, 15) is 52.2 Å². The second-order valence-electron chi connectivity index (χ2n) is 16.8. The van der Waals surface area contributed by atoms with E-state index in [4.69, 9.17) is 23.7 Å². The highest BCUT2D eigenvalue weighted by molar-refractivity contribution is 6.02. The lowest BCUT2D eigenvalue weighted by atomic mass is 9.96. The summed E-state index contributed by atoms with van der Waals surface area (Å²) in [5.74, 6) is -5.99. The SMILES string of the molecule is CCOC(C)=O.COC(=O)C[C@H]1c2cccc(F)c2N=C(N2CCN(c3cccc(OC)c3)CC2)N1c1cc(C(F)(F)F)ccc1OC.Cc1ccc(C(=O)O[C@H](C(=O)O)[C@H](OC(=O)c2ccc(C)cc2)C(=O)O)cc1. The van der Waals surface area contributed by atoms with Gasteiger partial charge in [-0.3, -0.25) is 9.59 Å². The van der Waals surface area contributed by atoms with Crippen molar-refractivity contribution < 1.29 is 85.0 Å². The zero-order valence-electron chi connectivity index (χ0n) is 42.5. The first kappa shape index (κ1) is 58.2. The van der Waals surface area contributed by atoms with Gasteiger partial charge in [-0.2, -0.15) is 13.2 Å². The molecule has 2 aliphatic rings. The molecule has 404 valence electrons. The molecule has 22 heteroatoms. The number of ether oxygens (including phenoxy) is 6. The number of halogens is 4. The van der Waals surface area contributed by atoms with Gasteiger partial charge in [-0.1, -0.05) is 53.6 Å². The van der Waals surface area contributed by atoms with Crippen LogP contribution in [-0.2, 0) is 44.3 Å². The second kappa shape index (κ2) is 26.5. The fraction of sp³-hybridized carbons (Fsp3) is 0.315. The third-order valence-corrected chi connectivity index (χ3v) is 11.6. The molecule has 2 aliphatic heterocycles. The van der Waals surface area contributed by atoms with Crippen LogP contribution in [0.15, 0.2) is 114 Å². The molecule has 2 N–H and O–H groups in total. The number of nitrogens with zero attached hydrogens (tertiary/aromatic N) is 4. The lowest BCUT2D eigenvalue weighted by Gasteiger charge is -2.45. The molecular formula is C54H56F4N4O14. The minimum Gasteiger partial charge on any atom is -0.497 e. The Balaban J connectivity index is 0.000000270. The van der Waals surface area contributed by atoms with Crippen LogP contribution < -0.4 is 19.3 Å². The van der Waals surface area contributed by atoms with E-state index in [1.165, 1.54) is 68.5 Å². The number of methoxy groups -OCH3 is 3. The quantitative estimate of drug-likeness (QED) is 0.0604. The molecular weight excluding hydrogens is 1000 g/mol. The summed E-state index contributed by atoms with van der Waals surface area (Å²) in [7, 11) is 4.17. The number of carboxylic acids is 2. The van der Waals surface area contributed by atoms with Crippen LogP contribution in [0.3, 0.4) is 0 Å². The fourth-order valence-corrected chi connectivity index (χ4v) is 7.75. The number of alkyl halides is 3. The first-order chi connectivity index (χ1) is 36.1. The normalized spacial score (nSPS) is 14.6. The van der Waals surface area contributed by atoms with Crippen molar-refractivity contribution in [3.63, 3.8) is 0 Å². The summed E-state index contributed by atoms with van der Waals surface area (Å²) in [4.78, 5) is 80.0. The van der Waals surface area contributed by atoms with Gasteiger partial charge in [0.05, 0.1) is 62.8 Å². The topological polar surface area (TPSA) is 220 Å². The van der Waals surface area contributed by atoms with Crippen molar-refractivity contribution in [1.29, 1.82) is 0 Å². The van der Waals surface area contributed by atoms with Crippen LogP contribution in [0.4, 0.5) is 34.6 Å². The molecule has 0 unspecified atom stereocenters. The molecule has 5 aromatic rings. The first-order valence-corrected chi connectivity index (χ1v) is 23.4. The number of rotatable bonds is 14. The molecule has 0 aromatic heterocycles. The molecule has 1 fully saturated rings. The average Bonchev–Trinajstić information content (AvgIpc) is 3.39. The van der Waals surface area contributed by atoms with Gasteiger partial charge in [-0.15, -0.1) is 0 Å². The molecule has 2 heterocycles. The van der Waals surface area contributed by atoms with Crippen LogP contribution >= 0.6 is 0 Å². The Kier molecular flexibility index (Phi) is 20.3. The van der Waals surface area contributed by atoms with E-state index < -0.39 is 65.7 Å². The Morgan fingerprint density at radius 3 is 1.71 bits per heavy atom. The van der Waals surface area contributed by atoms with Crippen LogP contribution in [0.1, 0.15) is 69.3 Å². The number of esters is 4. The van der Waals surface area contributed by atoms with Gasteiger partial charge in [-0.25, -0.2) is 28.6 Å². The number of carbonyl (C=O) groups excluding carboxylic acids is 4. The maximum Gasteiger partial charge on any atom is 0.416 e. The summed E-state index contributed by atoms with van der Waals surface area (Å²) in [6.45, 7) is 9.17. The highest BCUT2D eigenvalue weighted by Gasteiger charge is 2.42. The van der Waals surface area contributed by atoms with E-state index in [-0.39, 0.29) is 46.6 Å². The van der Waals surface area contributed by atoms with Gasteiger partial charge in [0.2, 0.25) is 18.2 Å².